The van der Waals surface area contributed by atoms with Crippen LogP contribution in [0.3, 0.4) is 0 Å². The van der Waals surface area contributed by atoms with Gasteiger partial charge in [-0.1, -0.05) is 23.2 Å². The van der Waals surface area contributed by atoms with Crippen molar-refractivity contribution in [1.82, 2.24) is 4.98 Å². The summed E-state index contributed by atoms with van der Waals surface area (Å²) >= 11 is 11.6. The van der Waals surface area contributed by atoms with E-state index in [-0.39, 0.29) is 34.6 Å². The molecule has 2 heterocycles. The molecule has 0 radical (unpaired) electrons. The second kappa shape index (κ2) is 4.78. The van der Waals surface area contributed by atoms with Gasteiger partial charge in [0.25, 0.3) is 0 Å². The van der Waals surface area contributed by atoms with E-state index in [0.29, 0.717) is 0 Å². The minimum atomic E-state index is -3.80. The van der Waals surface area contributed by atoms with Crippen molar-refractivity contribution in [3.8, 4) is 0 Å². The highest BCUT2D eigenvalue weighted by atomic mass is 35.5. The summed E-state index contributed by atoms with van der Waals surface area (Å²) in [5.74, 6) is -0.434. The second-order valence-electron chi connectivity index (χ2n) is 4.09. The molecule has 4 N–H and O–H groups in total. The number of carbonyl (C=O) groups excluding carboxylic acids is 1. The van der Waals surface area contributed by atoms with Gasteiger partial charge in [-0.25, -0.2) is 18.5 Å². The minimum Gasteiger partial charge on any atom is -0.397 e. The standard InChI is InChI=1S/C9H10Cl2N4O3S/c10-6-2-5(12)8(9(11)14-6)15-3-4(1-7(15)16)19(13,17)18/h2,4H,1,3H2,(H2,12,14)(H2,13,17,18). The third kappa shape index (κ3) is 2.76. The minimum absolute atomic E-state index is 0.0616. The lowest BCUT2D eigenvalue weighted by Gasteiger charge is -2.19. The van der Waals surface area contributed by atoms with Crippen molar-refractivity contribution in [2.75, 3.05) is 17.2 Å². The number of pyridine rings is 1. The summed E-state index contributed by atoms with van der Waals surface area (Å²) in [6.07, 6.45) is -0.211. The Labute approximate surface area is 119 Å². The summed E-state index contributed by atoms with van der Waals surface area (Å²) in [5.41, 5.74) is 6.04. The number of nitrogens with two attached hydrogens (primary N) is 2. The number of sulfonamides is 1. The summed E-state index contributed by atoms with van der Waals surface area (Å²) in [4.78, 5) is 16.8. The predicted molar refractivity (Wildman–Crippen MR) is 72.5 cm³/mol. The second-order valence-corrected chi connectivity index (χ2v) is 6.68. The molecule has 19 heavy (non-hydrogen) atoms. The van der Waals surface area contributed by atoms with E-state index < -0.39 is 21.2 Å². The van der Waals surface area contributed by atoms with E-state index in [9.17, 15) is 13.2 Å². The first-order chi connectivity index (χ1) is 8.70. The highest BCUT2D eigenvalue weighted by Crippen LogP contribution is 2.35. The largest absolute Gasteiger partial charge is 0.397 e. The van der Waals surface area contributed by atoms with Crippen LogP contribution in [-0.2, 0) is 14.8 Å². The van der Waals surface area contributed by atoms with Gasteiger partial charge in [0.15, 0.2) is 5.15 Å². The van der Waals surface area contributed by atoms with Gasteiger partial charge in [-0.05, 0) is 0 Å². The van der Waals surface area contributed by atoms with E-state index in [0.717, 1.165) is 4.90 Å². The number of hydrogen-bond acceptors (Lipinski definition) is 5. The monoisotopic (exact) mass is 324 g/mol. The maximum absolute atomic E-state index is 11.9. The molecule has 1 aromatic rings. The lowest BCUT2D eigenvalue weighted by Crippen LogP contribution is -2.32. The van der Waals surface area contributed by atoms with Crippen molar-refractivity contribution in [1.29, 1.82) is 0 Å². The summed E-state index contributed by atoms with van der Waals surface area (Å²) < 4.78 is 22.6. The summed E-state index contributed by atoms with van der Waals surface area (Å²) in [6, 6.07) is 1.33. The summed E-state index contributed by atoms with van der Waals surface area (Å²) in [7, 11) is -3.80. The average Bonchev–Trinajstić information content (AvgIpc) is 2.59. The van der Waals surface area contributed by atoms with Gasteiger partial charge >= 0.3 is 0 Å². The van der Waals surface area contributed by atoms with Crippen molar-refractivity contribution in [3.63, 3.8) is 0 Å². The molecule has 104 valence electrons. The quantitative estimate of drug-likeness (QED) is 0.761. The molecule has 10 heteroatoms. The number of nitrogens with zero attached hydrogens (tertiary/aromatic N) is 2. The summed E-state index contributed by atoms with van der Waals surface area (Å²) in [6.45, 7) is -0.106. The van der Waals surface area contributed by atoms with Crippen LogP contribution in [0.25, 0.3) is 0 Å². The number of primary sulfonamides is 1. The molecule has 2 rings (SSSR count). The predicted octanol–water partition coefficient (Wildman–Crippen LogP) is 0.364. The van der Waals surface area contributed by atoms with Crippen LogP contribution in [0.2, 0.25) is 10.3 Å². The normalized spacial score (nSPS) is 20.1. The third-order valence-electron chi connectivity index (χ3n) is 2.77. The van der Waals surface area contributed by atoms with Crippen LogP contribution in [-0.4, -0.2) is 31.1 Å². The number of halogens is 2. The van der Waals surface area contributed by atoms with Crippen LogP contribution < -0.4 is 15.8 Å². The Morgan fingerprint density at radius 1 is 1.42 bits per heavy atom. The van der Waals surface area contributed by atoms with E-state index in [1.54, 1.807) is 0 Å². The maximum Gasteiger partial charge on any atom is 0.228 e. The zero-order valence-corrected chi connectivity index (χ0v) is 11.8. The SMILES string of the molecule is Nc1cc(Cl)nc(Cl)c1N1CC(S(N)(=O)=O)CC1=O. The van der Waals surface area contributed by atoms with E-state index in [1.807, 2.05) is 0 Å². The number of anilines is 2. The molecule has 0 saturated carbocycles. The fraction of sp³-hybridized carbons (Fsp3) is 0.333. The van der Waals surface area contributed by atoms with Crippen molar-refractivity contribution in [3.05, 3.63) is 16.4 Å². The number of nitrogen functional groups attached to an aromatic ring is 1. The van der Waals surface area contributed by atoms with Gasteiger partial charge in [-0.2, -0.15) is 0 Å². The van der Waals surface area contributed by atoms with Gasteiger partial charge in [0.1, 0.15) is 16.1 Å². The number of amides is 1. The Hall–Kier alpha value is -1.09. The first-order valence-electron chi connectivity index (χ1n) is 5.13. The number of carbonyl (C=O) groups is 1. The number of aromatic nitrogens is 1. The maximum atomic E-state index is 11.9. The first-order valence-corrected chi connectivity index (χ1v) is 7.50. The fourth-order valence-electron chi connectivity index (χ4n) is 1.87. The molecule has 1 aliphatic rings. The van der Waals surface area contributed by atoms with Crippen LogP contribution in [0.15, 0.2) is 6.07 Å². The highest BCUT2D eigenvalue weighted by molar-refractivity contribution is 7.89. The molecule has 7 nitrogen and oxygen atoms in total. The molecule has 0 aromatic carbocycles. The molecule has 1 fully saturated rings. The van der Waals surface area contributed by atoms with Gasteiger partial charge in [0.05, 0.1) is 5.69 Å². The van der Waals surface area contributed by atoms with Crippen LogP contribution in [0.5, 0.6) is 0 Å². The Morgan fingerprint density at radius 3 is 2.53 bits per heavy atom. The van der Waals surface area contributed by atoms with Crippen LogP contribution in [0.1, 0.15) is 6.42 Å². The molecule has 1 atom stereocenters. The molecular formula is C9H10Cl2N4O3S. The van der Waals surface area contributed by atoms with Crippen LogP contribution in [0.4, 0.5) is 11.4 Å². The zero-order valence-electron chi connectivity index (χ0n) is 9.51. The molecular weight excluding hydrogens is 315 g/mol. The van der Waals surface area contributed by atoms with Crippen molar-refractivity contribution >= 4 is 50.5 Å². The van der Waals surface area contributed by atoms with Crippen molar-refractivity contribution in [2.24, 2.45) is 5.14 Å². The molecule has 1 aliphatic heterocycles. The van der Waals surface area contributed by atoms with Crippen LogP contribution in [0, 0.1) is 0 Å². The average molecular weight is 325 g/mol. The van der Waals surface area contributed by atoms with Crippen molar-refractivity contribution < 1.29 is 13.2 Å². The molecule has 0 spiro atoms. The van der Waals surface area contributed by atoms with Gasteiger partial charge < -0.3 is 10.6 Å². The first kappa shape index (κ1) is 14.3. The Bertz CT molecular complexity index is 626. The molecule has 1 aromatic heterocycles. The van der Waals surface area contributed by atoms with E-state index in [4.69, 9.17) is 34.1 Å². The van der Waals surface area contributed by atoms with Gasteiger partial charge in [0.2, 0.25) is 15.9 Å². The van der Waals surface area contributed by atoms with Crippen molar-refractivity contribution in [2.45, 2.75) is 11.7 Å². The number of rotatable bonds is 2. The zero-order chi connectivity index (χ0) is 14.4. The van der Waals surface area contributed by atoms with Gasteiger partial charge in [-0.15, -0.1) is 0 Å². The third-order valence-corrected chi connectivity index (χ3v) is 4.47. The lowest BCUT2D eigenvalue weighted by molar-refractivity contribution is -0.117. The van der Waals surface area contributed by atoms with E-state index >= 15 is 0 Å². The fourth-order valence-corrected chi connectivity index (χ4v) is 3.15. The van der Waals surface area contributed by atoms with Crippen LogP contribution >= 0.6 is 23.2 Å². The van der Waals surface area contributed by atoms with Gasteiger partial charge in [0, 0.05) is 19.0 Å². The molecule has 1 saturated heterocycles. The molecule has 0 bridgehead atoms. The molecule has 1 unspecified atom stereocenters. The molecule has 1 amide bonds. The topological polar surface area (TPSA) is 119 Å². The Balaban J connectivity index is 2.42. The van der Waals surface area contributed by atoms with Gasteiger partial charge in [-0.3, -0.25) is 4.79 Å². The summed E-state index contributed by atoms with van der Waals surface area (Å²) in [5, 5.41) is 4.08. The highest BCUT2D eigenvalue weighted by Gasteiger charge is 2.38. The van der Waals surface area contributed by atoms with E-state index in [2.05, 4.69) is 4.98 Å². The van der Waals surface area contributed by atoms with E-state index in [1.165, 1.54) is 6.07 Å². The Kier molecular flexibility index (Phi) is 3.61. The Morgan fingerprint density at radius 2 is 2.05 bits per heavy atom. The number of hydrogen-bond donors (Lipinski definition) is 2. The lowest BCUT2D eigenvalue weighted by atomic mass is 10.3. The molecule has 0 aliphatic carbocycles. The smallest absolute Gasteiger partial charge is 0.228 e.